The van der Waals surface area contributed by atoms with Gasteiger partial charge in [0.15, 0.2) is 0 Å². The van der Waals surface area contributed by atoms with Crippen molar-refractivity contribution in [2.24, 2.45) is 0 Å². The smallest absolute Gasteiger partial charge is 0.366 e. The number of alkyl halides is 3. The Bertz CT molecular complexity index is 669. The molecule has 0 fully saturated rings. The molecule has 1 N–H and O–H groups in total. The Balaban J connectivity index is 2.49. The number of benzene rings is 2. The van der Waals surface area contributed by atoms with Crippen LogP contribution < -0.4 is 0 Å². The van der Waals surface area contributed by atoms with E-state index in [0.29, 0.717) is 10.0 Å². The van der Waals surface area contributed by atoms with Crippen LogP contribution in [0.5, 0.6) is 0 Å². The summed E-state index contributed by atoms with van der Waals surface area (Å²) >= 11 is 3.14. The minimum absolute atomic E-state index is 0.318. The van der Waals surface area contributed by atoms with Crippen molar-refractivity contribution in [1.82, 2.24) is 0 Å². The van der Waals surface area contributed by atoms with Crippen LogP contribution in [0.15, 0.2) is 59.1 Å². The summed E-state index contributed by atoms with van der Waals surface area (Å²) in [5.74, 6) is 4.33. The van der Waals surface area contributed by atoms with Crippen LogP contribution in [0.4, 0.5) is 13.2 Å². The molecule has 5 heteroatoms. The van der Waals surface area contributed by atoms with Crippen LogP contribution in [0.1, 0.15) is 11.1 Å². The van der Waals surface area contributed by atoms with Gasteiger partial charge in [0, 0.05) is 15.6 Å². The SMILES string of the molecule is O[C@](C#Cc1ccccc1)(c1ccc(Br)cc1)C(F)(F)F. The Morgan fingerprint density at radius 2 is 1.48 bits per heavy atom. The van der Waals surface area contributed by atoms with Gasteiger partial charge in [-0.3, -0.25) is 0 Å². The first kappa shape index (κ1) is 15.6. The predicted molar refractivity (Wildman–Crippen MR) is 77.4 cm³/mol. The number of hydrogen-bond acceptors (Lipinski definition) is 1. The Morgan fingerprint density at radius 3 is 2.00 bits per heavy atom. The summed E-state index contributed by atoms with van der Waals surface area (Å²) in [6, 6.07) is 13.4. The van der Waals surface area contributed by atoms with E-state index in [2.05, 4.69) is 21.9 Å². The van der Waals surface area contributed by atoms with Gasteiger partial charge in [0.2, 0.25) is 5.60 Å². The summed E-state index contributed by atoms with van der Waals surface area (Å²) in [7, 11) is 0. The molecule has 0 aromatic heterocycles. The molecule has 0 spiro atoms. The summed E-state index contributed by atoms with van der Waals surface area (Å²) in [5.41, 5.74) is -3.12. The lowest BCUT2D eigenvalue weighted by atomic mass is 9.93. The normalized spacial score (nSPS) is 14.0. The van der Waals surface area contributed by atoms with Gasteiger partial charge in [-0.05, 0) is 30.2 Å². The van der Waals surface area contributed by atoms with Gasteiger partial charge in [-0.25, -0.2) is 0 Å². The second-order valence-electron chi connectivity index (χ2n) is 4.33. The van der Waals surface area contributed by atoms with E-state index in [1.165, 1.54) is 24.3 Å². The van der Waals surface area contributed by atoms with E-state index in [1.54, 1.807) is 30.3 Å². The van der Waals surface area contributed by atoms with Gasteiger partial charge in [0.1, 0.15) is 0 Å². The number of aliphatic hydroxyl groups is 1. The van der Waals surface area contributed by atoms with E-state index < -0.39 is 11.8 Å². The standard InChI is InChI=1S/C16H10BrF3O/c17-14-8-6-13(7-9-14)15(21,16(18,19)20)11-10-12-4-2-1-3-5-12/h1-9,21H/t15-/m1/s1. The van der Waals surface area contributed by atoms with Gasteiger partial charge in [0.25, 0.3) is 0 Å². The maximum Gasteiger partial charge on any atom is 0.433 e. The summed E-state index contributed by atoms with van der Waals surface area (Å²) < 4.78 is 40.3. The molecule has 0 radical (unpaired) electrons. The molecule has 0 heterocycles. The number of rotatable bonds is 1. The largest absolute Gasteiger partial charge is 0.433 e. The van der Waals surface area contributed by atoms with Gasteiger partial charge in [-0.1, -0.05) is 52.2 Å². The average molecular weight is 355 g/mol. The lowest BCUT2D eigenvalue weighted by Gasteiger charge is -2.25. The fourth-order valence-electron chi connectivity index (χ4n) is 1.68. The van der Waals surface area contributed by atoms with Crippen molar-refractivity contribution in [3.8, 4) is 11.8 Å². The monoisotopic (exact) mass is 354 g/mol. The first-order valence-corrected chi connectivity index (χ1v) is 6.75. The van der Waals surface area contributed by atoms with Crippen molar-refractivity contribution in [3.63, 3.8) is 0 Å². The van der Waals surface area contributed by atoms with Crippen molar-refractivity contribution < 1.29 is 18.3 Å². The first-order chi connectivity index (χ1) is 9.83. The Hall–Kier alpha value is -1.77. The fourth-order valence-corrected chi connectivity index (χ4v) is 1.95. The number of halogens is 4. The lowest BCUT2D eigenvalue weighted by Crippen LogP contribution is -2.41. The molecule has 21 heavy (non-hydrogen) atoms. The lowest BCUT2D eigenvalue weighted by molar-refractivity contribution is -0.240. The molecular formula is C16H10BrF3O. The van der Waals surface area contributed by atoms with E-state index in [1.807, 2.05) is 5.92 Å². The van der Waals surface area contributed by atoms with E-state index in [4.69, 9.17) is 0 Å². The van der Waals surface area contributed by atoms with Crippen LogP contribution in [0.2, 0.25) is 0 Å². The molecule has 0 bridgehead atoms. The fraction of sp³-hybridized carbons (Fsp3) is 0.125. The summed E-state index contributed by atoms with van der Waals surface area (Å²) in [4.78, 5) is 0. The minimum Gasteiger partial charge on any atom is -0.366 e. The molecule has 2 rings (SSSR count). The molecule has 0 amide bonds. The Kier molecular flexibility index (Phi) is 4.40. The Labute approximate surface area is 128 Å². The highest BCUT2D eigenvalue weighted by molar-refractivity contribution is 9.10. The van der Waals surface area contributed by atoms with Crippen molar-refractivity contribution in [2.45, 2.75) is 11.8 Å². The number of hydrogen-bond donors (Lipinski definition) is 1. The molecule has 0 aliphatic heterocycles. The molecule has 0 aliphatic carbocycles. The molecule has 0 saturated heterocycles. The van der Waals surface area contributed by atoms with Crippen molar-refractivity contribution in [2.75, 3.05) is 0 Å². The van der Waals surface area contributed by atoms with Crippen LogP contribution >= 0.6 is 15.9 Å². The van der Waals surface area contributed by atoms with Gasteiger partial charge in [-0.15, -0.1) is 0 Å². The maximum absolute atomic E-state index is 13.2. The van der Waals surface area contributed by atoms with Crippen molar-refractivity contribution in [3.05, 3.63) is 70.2 Å². The van der Waals surface area contributed by atoms with Crippen LogP contribution in [0.3, 0.4) is 0 Å². The highest BCUT2D eigenvalue weighted by Crippen LogP contribution is 2.38. The van der Waals surface area contributed by atoms with Crippen molar-refractivity contribution >= 4 is 15.9 Å². The molecule has 1 nitrogen and oxygen atoms in total. The van der Waals surface area contributed by atoms with E-state index in [9.17, 15) is 18.3 Å². The molecule has 0 aliphatic rings. The van der Waals surface area contributed by atoms with E-state index in [0.717, 1.165) is 0 Å². The predicted octanol–water partition coefficient (Wildman–Crippen LogP) is 4.25. The van der Waals surface area contributed by atoms with Gasteiger partial charge in [-0.2, -0.15) is 13.2 Å². The molecule has 0 unspecified atom stereocenters. The quantitative estimate of drug-likeness (QED) is 0.759. The van der Waals surface area contributed by atoms with E-state index >= 15 is 0 Å². The molecular weight excluding hydrogens is 345 g/mol. The highest BCUT2D eigenvalue weighted by Gasteiger charge is 2.54. The van der Waals surface area contributed by atoms with Gasteiger partial charge < -0.3 is 5.11 Å². The van der Waals surface area contributed by atoms with Crippen LogP contribution in [0.25, 0.3) is 0 Å². The summed E-state index contributed by atoms with van der Waals surface area (Å²) in [5, 5.41) is 10.1. The molecule has 108 valence electrons. The molecule has 0 saturated carbocycles. The van der Waals surface area contributed by atoms with Gasteiger partial charge >= 0.3 is 6.18 Å². The average Bonchev–Trinajstić information content (AvgIpc) is 2.45. The zero-order valence-corrected chi connectivity index (χ0v) is 12.2. The third kappa shape index (κ3) is 3.46. The topological polar surface area (TPSA) is 20.2 Å². The zero-order chi connectivity index (χ0) is 15.5. The molecule has 2 aromatic carbocycles. The summed E-state index contributed by atoms with van der Waals surface area (Å²) in [6.07, 6.45) is -4.90. The van der Waals surface area contributed by atoms with Crippen LogP contribution in [-0.2, 0) is 5.60 Å². The second-order valence-corrected chi connectivity index (χ2v) is 5.25. The van der Waals surface area contributed by atoms with Gasteiger partial charge in [0.05, 0.1) is 0 Å². The molecule has 2 aromatic rings. The van der Waals surface area contributed by atoms with Crippen LogP contribution in [0, 0.1) is 11.8 Å². The first-order valence-electron chi connectivity index (χ1n) is 5.96. The minimum atomic E-state index is -4.90. The van der Waals surface area contributed by atoms with Crippen LogP contribution in [-0.4, -0.2) is 11.3 Å². The Morgan fingerprint density at radius 1 is 0.905 bits per heavy atom. The second kappa shape index (κ2) is 5.92. The zero-order valence-electron chi connectivity index (χ0n) is 10.7. The van der Waals surface area contributed by atoms with E-state index in [-0.39, 0.29) is 5.56 Å². The van der Waals surface area contributed by atoms with Crippen molar-refractivity contribution in [1.29, 1.82) is 0 Å². The third-order valence-electron chi connectivity index (χ3n) is 2.83. The maximum atomic E-state index is 13.2. The summed E-state index contributed by atoms with van der Waals surface area (Å²) in [6.45, 7) is 0. The highest BCUT2D eigenvalue weighted by atomic mass is 79.9. The molecule has 1 atom stereocenters. The third-order valence-corrected chi connectivity index (χ3v) is 3.36.